The van der Waals surface area contributed by atoms with Crippen molar-refractivity contribution < 1.29 is 42.8 Å². The molecule has 2 aliphatic rings. The number of ether oxygens (including phenoxy) is 1. The van der Waals surface area contributed by atoms with Crippen LogP contribution in [0.2, 0.25) is 0 Å². The Labute approximate surface area is 212 Å². The SMILES string of the molecule is CC(C)OC(=O)C1=CN(C(=O)N2CC[N+](C)(C)CC2)CC(C)(C)c2c1[nH]c1cccnc21.[I-]. The van der Waals surface area contributed by atoms with Gasteiger partial charge in [0.05, 0.1) is 68.7 Å². The van der Waals surface area contributed by atoms with E-state index in [0.29, 0.717) is 30.9 Å². The Balaban J connectivity index is 0.00000306. The van der Waals surface area contributed by atoms with Crippen molar-refractivity contribution >= 4 is 28.6 Å². The molecule has 2 aromatic heterocycles. The highest BCUT2D eigenvalue weighted by atomic mass is 127. The Morgan fingerprint density at radius 1 is 1.21 bits per heavy atom. The standard InChI is InChI=1S/C24H34N5O3.HI/c1-16(2)32-22(30)17-14-28(23(31)27-10-12-29(5,6)13-11-27)15-24(3,4)19-20(17)26-18-8-7-9-25-21(18)19;/h7-9,14,16,26H,10-13,15H2,1-6H3;1H/q+1;/p-1. The van der Waals surface area contributed by atoms with Crippen LogP contribution in [-0.2, 0) is 14.9 Å². The van der Waals surface area contributed by atoms with E-state index < -0.39 is 11.4 Å². The third-order valence-corrected chi connectivity index (χ3v) is 6.38. The van der Waals surface area contributed by atoms with Crippen molar-refractivity contribution in [2.24, 2.45) is 0 Å². The Hall–Kier alpha value is -2.14. The first kappa shape index (κ1) is 25.5. The number of piperazine rings is 1. The summed E-state index contributed by atoms with van der Waals surface area (Å²) in [5.41, 5.74) is 3.23. The summed E-state index contributed by atoms with van der Waals surface area (Å²) in [6.07, 6.45) is 3.16. The van der Waals surface area contributed by atoms with Crippen molar-refractivity contribution in [3.05, 3.63) is 35.8 Å². The maximum Gasteiger partial charge on any atom is 0.342 e. The van der Waals surface area contributed by atoms with Crippen LogP contribution in [-0.4, -0.2) is 89.2 Å². The Morgan fingerprint density at radius 2 is 1.88 bits per heavy atom. The molecule has 0 aromatic carbocycles. The monoisotopic (exact) mass is 567 g/mol. The van der Waals surface area contributed by atoms with Gasteiger partial charge in [0, 0.05) is 29.9 Å². The molecule has 180 valence electrons. The lowest BCUT2D eigenvalue weighted by molar-refractivity contribution is -0.894. The van der Waals surface area contributed by atoms with Crippen molar-refractivity contribution in [2.45, 2.75) is 39.2 Å². The van der Waals surface area contributed by atoms with Gasteiger partial charge in [-0.1, -0.05) is 13.8 Å². The maximum absolute atomic E-state index is 13.6. The second-order valence-corrected chi connectivity index (χ2v) is 10.4. The third kappa shape index (κ3) is 5.03. The first-order valence-corrected chi connectivity index (χ1v) is 11.3. The predicted octanol–water partition coefficient (Wildman–Crippen LogP) is -0.0354. The molecule has 0 atom stereocenters. The lowest BCUT2D eigenvalue weighted by Crippen LogP contribution is -3.00. The molecule has 0 aliphatic carbocycles. The highest BCUT2D eigenvalue weighted by Gasteiger charge is 2.39. The molecule has 9 heteroatoms. The van der Waals surface area contributed by atoms with E-state index in [9.17, 15) is 9.59 Å². The molecule has 8 nitrogen and oxygen atoms in total. The van der Waals surface area contributed by atoms with Gasteiger partial charge in [0.15, 0.2) is 0 Å². The lowest BCUT2D eigenvalue weighted by Gasteiger charge is -2.41. The number of esters is 1. The number of quaternary nitrogens is 1. The number of carbonyl (C=O) groups excluding carboxylic acids is 2. The number of urea groups is 1. The molecule has 2 aliphatic heterocycles. The number of pyridine rings is 1. The first-order valence-electron chi connectivity index (χ1n) is 11.3. The summed E-state index contributed by atoms with van der Waals surface area (Å²) in [5.74, 6) is -0.445. The number of hydrogen-bond acceptors (Lipinski definition) is 4. The van der Waals surface area contributed by atoms with Gasteiger partial charge in [-0.2, -0.15) is 0 Å². The van der Waals surface area contributed by atoms with Crippen molar-refractivity contribution in [3.63, 3.8) is 0 Å². The van der Waals surface area contributed by atoms with E-state index in [1.165, 1.54) is 0 Å². The lowest BCUT2D eigenvalue weighted by atomic mass is 9.83. The first-order chi connectivity index (χ1) is 15.0. The van der Waals surface area contributed by atoms with Gasteiger partial charge in [0.25, 0.3) is 0 Å². The number of halogens is 1. The number of aromatic amines is 1. The van der Waals surface area contributed by atoms with Crippen LogP contribution in [0.15, 0.2) is 24.5 Å². The number of rotatable bonds is 2. The second kappa shape index (κ2) is 9.25. The van der Waals surface area contributed by atoms with E-state index in [1.807, 2.05) is 30.9 Å². The van der Waals surface area contributed by atoms with Crippen molar-refractivity contribution in [2.75, 3.05) is 46.8 Å². The summed E-state index contributed by atoms with van der Waals surface area (Å²) in [6, 6.07) is 3.75. The number of H-pyrrole nitrogens is 1. The number of fused-ring (bicyclic) bond motifs is 3. The van der Waals surface area contributed by atoms with Gasteiger partial charge in [0.1, 0.15) is 0 Å². The molecule has 0 bridgehead atoms. The second-order valence-electron chi connectivity index (χ2n) is 10.4. The van der Waals surface area contributed by atoms with E-state index in [1.54, 1.807) is 17.3 Å². The molecule has 0 saturated carbocycles. The predicted molar refractivity (Wildman–Crippen MR) is 124 cm³/mol. The van der Waals surface area contributed by atoms with Crippen molar-refractivity contribution in [3.8, 4) is 0 Å². The minimum atomic E-state index is -0.445. The molecule has 33 heavy (non-hydrogen) atoms. The zero-order chi connectivity index (χ0) is 23.3. The summed E-state index contributed by atoms with van der Waals surface area (Å²) < 4.78 is 6.47. The molecule has 0 radical (unpaired) electrons. The molecule has 1 fully saturated rings. The van der Waals surface area contributed by atoms with E-state index in [4.69, 9.17) is 4.74 Å². The van der Waals surface area contributed by atoms with Crippen LogP contribution in [0.3, 0.4) is 0 Å². The quantitative estimate of drug-likeness (QED) is 0.314. The number of amides is 2. The van der Waals surface area contributed by atoms with Gasteiger partial charge in [-0.15, -0.1) is 0 Å². The molecule has 2 aromatic rings. The van der Waals surface area contributed by atoms with Crippen LogP contribution < -0.4 is 24.0 Å². The molecule has 1 N–H and O–H groups in total. The smallest absolute Gasteiger partial charge is 0.342 e. The summed E-state index contributed by atoms with van der Waals surface area (Å²) >= 11 is 0. The molecule has 4 heterocycles. The summed E-state index contributed by atoms with van der Waals surface area (Å²) in [7, 11) is 4.36. The van der Waals surface area contributed by atoms with Crippen LogP contribution in [0.25, 0.3) is 16.6 Å². The zero-order valence-corrected chi connectivity index (χ0v) is 22.5. The highest BCUT2D eigenvalue weighted by Crippen LogP contribution is 2.39. The van der Waals surface area contributed by atoms with Crippen LogP contribution in [0.1, 0.15) is 39.0 Å². The Morgan fingerprint density at radius 3 is 2.52 bits per heavy atom. The average molecular weight is 567 g/mol. The zero-order valence-electron chi connectivity index (χ0n) is 20.3. The number of aromatic nitrogens is 2. The number of carbonyl (C=O) groups is 2. The van der Waals surface area contributed by atoms with Crippen molar-refractivity contribution in [1.82, 2.24) is 19.8 Å². The number of hydrogen-bond donors (Lipinski definition) is 1. The summed E-state index contributed by atoms with van der Waals surface area (Å²) in [4.78, 5) is 38.3. The molecular formula is C24H34IN5O3. The summed E-state index contributed by atoms with van der Waals surface area (Å²) in [5, 5.41) is 0. The van der Waals surface area contributed by atoms with Gasteiger partial charge in [0.2, 0.25) is 0 Å². The molecule has 1 saturated heterocycles. The Kier molecular flexibility index (Phi) is 7.14. The van der Waals surface area contributed by atoms with Crippen LogP contribution >= 0.6 is 0 Å². The van der Waals surface area contributed by atoms with E-state index in [0.717, 1.165) is 34.2 Å². The minimum absolute atomic E-state index is 0. The van der Waals surface area contributed by atoms with E-state index >= 15 is 0 Å². The molecular weight excluding hydrogens is 533 g/mol. The van der Waals surface area contributed by atoms with Gasteiger partial charge in [-0.25, -0.2) is 9.59 Å². The van der Waals surface area contributed by atoms with Crippen LogP contribution in [0, 0.1) is 0 Å². The normalized spacial score (nSPS) is 19.4. The Bertz CT molecular complexity index is 1080. The van der Waals surface area contributed by atoms with Gasteiger partial charge < -0.3 is 43.1 Å². The highest BCUT2D eigenvalue weighted by molar-refractivity contribution is 6.18. The minimum Gasteiger partial charge on any atom is -1.00 e. The largest absolute Gasteiger partial charge is 1.00 e. The van der Waals surface area contributed by atoms with Crippen LogP contribution in [0.5, 0.6) is 0 Å². The molecule has 0 unspecified atom stereocenters. The topological polar surface area (TPSA) is 78.5 Å². The fourth-order valence-electron chi connectivity index (χ4n) is 4.59. The van der Waals surface area contributed by atoms with Gasteiger partial charge in [-0.3, -0.25) is 9.88 Å². The van der Waals surface area contributed by atoms with Crippen LogP contribution in [0.4, 0.5) is 4.79 Å². The average Bonchev–Trinajstić information content (AvgIpc) is 3.04. The fourth-order valence-corrected chi connectivity index (χ4v) is 4.59. The molecule has 0 spiro atoms. The molecule has 2 amide bonds. The maximum atomic E-state index is 13.6. The number of nitrogens with zero attached hydrogens (tertiary/aromatic N) is 4. The van der Waals surface area contributed by atoms with Gasteiger partial charge >= 0.3 is 12.0 Å². The van der Waals surface area contributed by atoms with E-state index in [-0.39, 0.29) is 36.1 Å². The number of likely N-dealkylation sites (N-methyl/N-ethyl adjacent to an activating group) is 1. The van der Waals surface area contributed by atoms with Crippen molar-refractivity contribution in [1.29, 1.82) is 0 Å². The number of nitrogens with one attached hydrogen (secondary N) is 1. The van der Waals surface area contributed by atoms with E-state index in [2.05, 4.69) is 37.9 Å². The fraction of sp³-hybridized carbons (Fsp3) is 0.542. The third-order valence-electron chi connectivity index (χ3n) is 6.38. The summed E-state index contributed by atoms with van der Waals surface area (Å²) in [6.45, 7) is 11.5. The molecule has 4 rings (SSSR count). The van der Waals surface area contributed by atoms with Gasteiger partial charge in [-0.05, 0) is 26.0 Å².